The summed E-state index contributed by atoms with van der Waals surface area (Å²) in [6, 6.07) is 6.05. The molecule has 0 radical (unpaired) electrons. The maximum atomic E-state index is 12.7. The molecule has 4 nitrogen and oxygen atoms in total. The molecule has 0 amide bonds. The Bertz CT molecular complexity index is 408. The molecule has 21 heavy (non-hydrogen) atoms. The normalized spacial score (nSPS) is 10.9. The fourth-order valence-corrected chi connectivity index (χ4v) is 1.78. The molecule has 0 aliphatic carbocycles. The SMILES string of the molecule is CCN(CC)C(N)=NCCCCOc1ccc(F)cc1.I. The maximum absolute atomic E-state index is 12.7. The van der Waals surface area contributed by atoms with E-state index in [4.69, 9.17) is 10.5 Å². The van der Waals surface area contributed by atoms with E-state index < -0.39 is 0 Å². The third-order valence-corrected chi connectivity index (χ3v) is 3.00. The van der Waals surface area contributed by atoms with Gasteiger partial charge in [0.2, 0.25) is 0 Å². The molecule has 1 rings (SSSR count). The molecule has 0 aliphatic rings. The van der Waals surface area contributed by atoms with Gasteiger partial charge in [0.15, 0.2) is 5.96 Å². The molecule has 120 valence electrons. The summed E-state index contributed by atoms with van der Waals surface area (Å²) in [4.78, 5) is 6.36. The van der Waals surface area contributed by atoms with Gasteiger partial charge in [0.05, 0.1) is 6.61 Å². The van der Waals surface area contributed by atoms with E-state index in [1.165, 1.54) is 12.1 Å². The first-order valence-corrected chi connectivity index (χ1v) is 7.10. The van der Waals surface area contributed by atoms with Crippen molar-refractivity contribution in [1.82, 2.24) is 4.90 Å². The van der Waals surface area contributed by atoms with E-state index in [9.17, 15) is 4.39 Å². The van der Waals surface area contributed by atoms with Gasteiger partial charge in [-0.3, -0.25) is 4.99 Å². The van der Waals surface area contributed by atoms with Gasteiger partial charge < -0.3 is 15.4 Å². The van der Waals surface area contributed by atoms with Crippen LogP contribution in [0.15, 0.2) is 29.3 Å². The highest BCUT2D eigenvalue weighted by molar-refractivity contribution is 14.0. The molecule has 1 aromatic rings. The van der Waals surface area contributed by atoms with Crippen LogP contribution in [0.5, 0.6) is 5.75 Å². The van der Waals surface area contributed by atoms with Gasteiger partial charge >= 0.3 is 0 Å². The molecule has 0 atom stereocenters. The highest BCUT2D eigenvalue weighted by Crippen LogP contribution is 2.11. The third-order valence-electron chi connectivity index (χ3n) is 3.00. The second-order valence-electron chi connectivity index (χ2n) is 4.42. The second-order valence-corrected chi connectivity index (χ2v) is 4.42. The zero-order valence-electron chi connectivity index (χ0n) is 12.7. The van der Waals surface area contributed by atoms with Crippen LogP contribution in [0.2, 0.25) is 0 Å². The van der Waals surface area contributed by atoms with Crippen molar-refractivity contribution in [2.45, 2.75) is 26.7 Å². The first kappa shape index (κ1) is 19.9. The summed E-state index contributed by atoms with van der Waals surface area (Å²) in [6.45, 7) is 7.17. The smallest absolute Gasteiger partial charge is 0.191 e. The Kier molecular flexibility index (Phi) is 11.0. The van der Waals surface area contributed by atoms with Crippen LogP contribution in [0.3, 0.4) is 0 Å². The van der Waals surface area contributed by atoms with E-state index in [0.29, 0.717) is 24.9 Å². The van der Waals surface area contributed by atoms with Crippen LogP contribution in [0.1, 0.15) is 26.7 Å². The fraction of sp³-hybridized carbons (Fsp3) is 0.533. The zero-order valence-corrected chi connectivity index (χ0v) is 15.0. The number of ether oxygens (including phenoxy) is 1. The Morgan fingerprint density at radius 2 is 1.81 bits per heavy atom. The highest BCUT2D eigenvalue weighted by Gasteiger charge is 2.01. The largest absolute Gasteiger partial charge is 0.494 e. The van der Waals surface area contributed by atoms with Gasteiger partial charge in [0.25, 0.3) is 0 Å². The predicted molar refractivity (Wildman–Crippen MR) is 96.0 cm³/mol. The number of hydrogen-bond donors (Lipinski definition) is 1. The number of guanidine groups is 1. The van der Waals surface area contributed by atoms with Crippen molar-refractivity contribution in [3.05, 3.63) is 30.1 Å². The molecule has 2 N–H and O–H groups in total. The molecule has 0 spiro atoms. The minimum atomic E-state index is -0.251. The molecule has 0 heterocycles. The number of unbranched alkanes of at least 4 members (excludes halogenated alkanes) is 1. The highest BCUT2D eigenvalue weighted by atomic mass is 127. The van der Waals surface area contributed by atoms with Crippen molar-refractivity contribution >= 4 is 29.9 Å². The zero-order chi connectivity index (χ0) is 14.8. The molecule has 0 aromatic heterocycles. The fourth-order valence-electron chi connectivity index (χ4n) is 1.78. The standard InChI is InChI=1S/C15H24FN3O.HI/c1-3-19(4-2)15(17)18-11-5-6-12-20-14-9-7-13(16)8-10-14;/h7-10H,3-6,11-12H2,1-2H3,(H2,17,18);1H. The Balaban J connectivity index is 0.00000400. The summed E-state index contributed by atoms with van der Waals surface area (Å²) in [5, 5.41) is 0. The van der Waals surface area contributed by atoms with E-state index in [-0.39, 0.29) is 29.8 Å². The van der Waals surface area contributed by atoms with Gasteiger partial charge in [-0.1, -0.05) is 0 Å². The van der Waals surface area contributed by atoms with Crippen molar-refractivity contribution < 1.29 is 9.13 Å². The van der Waals surface area contributed by atoms with Crippen LogP contribution in [-0.2, 0) is 0 Å². The topological polar surface area (TPSA) is 50.8 Å². The monoisotopic (exact) mass is 409 g/mol. The number of nitrogens with zero attached hydrogens (tertiary/aromatic N) is 2. The van der Waals surface area contributed by atoms with Crippen LogP contribution >= 0.6 is 24.0 Å². The van der Waals surface area contributed by atoms with Crippen LogP contribution in [0.4, 0.5) is 4.39 Å². The average molecular weight is 409 g/mol. The summed E-state index contributed by atoms with van der Waals surface area (Å²) < 4.78 is 18.2. The van der Waals surface area contributed by atoms with Crippen molar-refractivity contribution in [2.24, 2.45) is 10.7 Å². The lowest BCUT2D eigenvalue weighted by molar-refractivity contribution is 0.307. The van der Waals surface area contributed by atoms with Crippen LogP contribution < -0.4 is 10.5 Å². The number of benzene rings is 1. The number of nitrogens with two attached hydrogens (primary N) is 1. The molecule has 0 unspecified atom stereocenters. The molecule has 0 bridgehead atoms. The minimum Gasteiger partial charge on any atom is -0.494 e. The summed E-state index contributed by atoms with van der Waals surface area (Å²) in [7, 11) is 0. The third kappa shape index (κ3) is 8.08. The van der Waals surface area contributed by atoms with E-state index >= 15 is 0 Å². The minimum absolute atomic E-state index is 0. The molecule has 6 heteroatoms. The van der Waals surface area contributed by atoms with Crippen molar-refractivity contribution in [3.63, 3.8) is 0 Å². The summed E-state index contributed by atoms with van der Waals surface area (Å²) in [5.74, 6) is 1.05. The Morgan fingerprint density at radius 1 is 1.19 bits per heavy atom. The van der Waals surface area contributed by atoms with Crippen LogP contribution in [0, 0.1) is 5.82 Å². The van der Waals surface area contributed by atoms with Gasteiger partial charge in [-0.05, 0) is 51.0 Å². The van der Waals surface area contributed by atoms with Gasteiger partial charge in [0, 0.05) is 19.6 Å². The maximum Gasteiger partial charge on any atom is 0.191 e. The number of halogens is 2. The van der Waals surface area contributed by atoms with E-state index in [1.807, 2.05) is 4.90 Å². The van der Waals surface area contributed by atoms with Gasteiger partial charge in [0.1, 0.15) is 11.6 Å². The average Bonchev–Trinajstić information content (AvgIpc) is 2.46. The Morgan fingerprint density at radius 3 is 2.38 bits per heavy atom. The molecular formula is C15H25FIN3O. The molecule has 1 aromatic carbocycles. The summed E-state index contributed by atoms with van der Waals surface area (Å²) in [6.07, 6.45) is 1.82. The van der Waals surface area contributed by atoms with Crippen molar-refractivity contribution in [1.29, 1.82) is 0 Å². The lowest BCUT2D eigenvalue weighted by Gasteiger charge is -2.19. The van der Waals surface area contributed by atoms with E-state index in [0.717, 1.165) is 25.9 Å². The summed E-state index contributed by atoms with van der Waals surface area (Å²) >= 11 is 0. The predicted octanol–water partition coefficient (Wildman–Crippen LogP) is 3.26. The first-order chi connectivity index (χ1) is 9.67. The second kappa shape index (κ2) is 11.6. The van der Waals surface area contributed by atoms with Crippen LogP contribution in [-0.4, -0.2) is 37.1 Å². The number of rotatable bonds is 8. The summed E-state index contributed by atoms with van der Waals surface area (Å²) in [5.41, 5.74) is 5.87. The number of hydrogen-bond acceptors (Lipinski definition) is 2. The Labute approximate surface area is 143 Å². The van der Waals surface area contributed by atoms with Gasteiger partial charge in [-0.25, -0.2) is 4.39 Å². The first-order valence-electron chi connectivity index (χ1n) is 7.10. The molecule has 0 fully saturated rings. The molecular weight excluding hydrogens is 384 g/mol. The number of aliphatic imine (C=N–C) groups is 1. The molecule has 0 saturated carbocycles. The quantitative estimate of drug-likeness (QED) is 0.310. The molecule has 0 aliphatic heterocycles. The van der Waals surface area contributed by atoms with Crippen molar-refractivity contribution in [3.8, 4) is 5.75 Å². The van der Waals surface area contributed by atoms with Gasteiger partial charge in [-0.2, -0.15) is 0 Å². The van der Waals surface area contributed by atoms with Gasteiger partial charge in [-0.15, -0.1) is 24.0 Å². The van der Waals surface area contributed by atoms with Crippen LogP contribution in [0.25, 0.3) is 0 Å². The van der Waals surface area contributed by atoms with E-state index in [2.05, 4.69) is 18.8 Å². The lowest BCUT2D eigenvalue weighted by Crippen LogP contribution is -2.37. The molecule has 0 saturated heterocycles. The Hall–Kier alpha value is -1.05. The van der Waals surface area contributed by atoms with Crippen molar-refractivity contribution in [2.75, 3.05) is 26.2 Å². The lowest BCUT2D eigenvalue weighted by atomic mass is 10.3. The van der Waals surface area contributed by atoms with E-state index in [1.54, 1.807) is 12.1 Å².